The van der Waals surface area contributed by atoms with E-state index < -0.39 is 0 Å². The van der Waals surface area contributed by atoms with Crippen LogP contribution in [-0.2, 0) is 4.74 Å². The van der Waals surface area contributed by atoms with Crippen molar-refractivity contribution < 1.29 is 4.74 Å². The Kier molecular flexibility index (Phi) is 13.0. The first-order valence-electron chi connectivity index (χ1n) is 9.37. The van der Waals surface area contributed by atoms with E-state index >= 15 is 0 Å². The molecule has 1 aliphatic heterocycles. The van der Waals surface area contributed by atoms with Crippen molar-refractivity contribution in [3.8, 4) is 0 Å². The number of hydrogen-bond donors (Lipinski definition) is 1. The zero-order valence-corrected chi connectivity index (χ0v) is 15.3. The molecule has 0 bridgehead atoms. The molecule has 1 heterocycles. The molecule has 4 heteroatoms. The first kappa shape index (κ1) is 19.8. The molecule has 0 unspecified atom stereocenters. The van der Waals surface area contributed by atoms with Crippen molar-refractivity contribution in [2.45, 2.75) is 90.1 Å². The summed E-state index contributed by atoms with van der Waals surface area (Å²) in [5, 5.41) is 0.742. The van der Waals surface area contributed by atoms with Crippen LogP contribution in [0.25, 0.3) is 0 Å². The highest BCUT2D eigenvalue weighted by Gasteiger charge is 2.14. The summed E-state index contributed by atoms with van der Waals surface area (Å²) in [5.74, 6) is 1.11. The van der Waals surface area contributed by atoms with Crippen LogP contribution in [0.4, 0.5) is 0 Å². The van der Waals surface area contributed by atoms with E-state index in [0.717, 1.165) is 30.5 Å². The van der Waals surface area contributed by atoms with Gasteiger partial charge in [0.2, 0.25) is 0 Å². The second-order valence-corrected chi connectivity index (χ2v) is 7.46. The van der Waals surface area contributed by atoms with Gasteiger partial charge in [0, 0.05) is 12.4 Å². The van der Waals surface area contributed by atoms with Crippen molar-refractivity contribution in [1.29, 1.82) is 0 Å². The SMILES string of the molecule is CCCCCCCCCCCCSC(N)=NC[C@@H]1CCCO1. The highest BCUT2D eigenvalue weighted by Crippen LogP contribution is 2.14. The van der Waals surface area contributed by atoms with E-state index in [4.69, 9.17) is 10.5 Å². The minimum absolute atomic E-state index is 0.316. The summed E-state index contributed by atoms with van der Waals surface area (Å²) in [6, 6.07) is 0. The number of nitrogens with two attached hydrogens (primary N) is 1. The molecule has 3 nitrogen and oxygen atoms in total. The molecule has 22 heavy (non-hydrogen) atoms. The van der Waals surface area contributed by atoms with Crippen LogP contribution in [0.3, 0.4) is 0 Å². The third-order valence-corrected chi connectivity index (χ3v) is 5.14. The molecule has 1 saturated heterocycles. The maximum absolute atomic E-state index is 5.93. The van der Waals surface area contributed by atoms with Crippen molar-refractivity contribution in [2.75, 3.05) is 18.9 Å². The number of hydrogen-bond acceptors (Lipinski definition) is 3. The molecule has 130 valence electrons. The van der Waals surface area contributed by atoms with Gasteiger partial charge in [0.05, 0.1) is 12.6 Å². The van der Waals surface area contributed by atoms with Crippen LogP contribution in [0.15, 0.2) is 4.99 Å². The van der Waals surface area contributed by atoms with Crippen molar-refractivity contribution in [3.63, 3.8) is 0 Å². The molecule has 0 saturated carbocycles. The van der Waals surface area contributed by atoms with Gasteiger partial charge in [-0.05, 0) is 19.3 Å². The van der Waals surface area contributed by atoms with Crippen molar-refractivity contribution in [2.24, 2.45) is 10.7 Å². The summed E-state index contributed by atoms with van der Waals surface area (Å²) in [6.45, 7) is 3.92. The molecule has 0 amide bonds. The van der Waals surface area contributed by atoms with E-state index in [1.807, 2.05) is 0 Å². The largest absolute Gasteiger partial charge is 0.379 e. The van der Waals surface area contributed by atoms with Crippen LogP contribution in [0.2, 0.25) is 0 Å². The van der Waals surface area contributed by atoms with Gasteiger partial charge >= 0.3 is 0 Å². The summed E-state index contributed by atoms with van der Waals surface area (Å²) < 4.78 is 5.54. The van der Waals surface area contributed by atoms with Gasteiger partial charge in [-0.3, -0.25) is 4.99 Å². The van der Waals surface area contributed by atoms with Crippen LogP contribution in [0.1, 0.15) is 84.0 Å². The number of rotatable bonds is 13. The lowest BCUT2D eigenvalue weighted by Crippen LogP contribution is -2.14. The number of aliphatic imine (C=N–C) groups is 1. The van der Waals surface area contributed by atoms with Crippen LogP contribution in [0.5, 0.6) is 0 Å². The molecule has 0 radical (unpaired) electrons. The Hall–Kier alpha value is -0.220. The van der Waals surface area contributed by atoms with Gasteiger partial charge in [-0.1, -0.05) is 76.5 Å². The lowest BCUT2D eigenvalue weighted by Gasteiger charge is -2.06. The monoisotopic (exact) mass is 328 g/mol. The predicted molar refractivity (Wildman–Crippen MR) is 99.8 cm³/mol. The Morgan fingerprint density at radius 3 is 2.27 bits per heavy atom. The average Bonchev–Trinajstić information content (AvgIpc) is 3.04. The number of unbranched alkanes of at least 4 members (excludes halogenated alkanes) is 9. The Morgan fingerprint density at radius 2 is 1.68 bits per heavy atom. The van der Waals surface area contributed by atoms with Crippen molar-refractivity contribution in [1.82, 2.24) is 0 Å². The quantitative estimate of drug-likeness (QED) is 0.289. The first-order valence-corrected chi connectivity index (χ1v) is 10.4. The third kappa shape index (κ3) is 11.4. The summed E-state index contributed by atoms with van der Waals surface area (Å²) in [4.78, 5) is 4.42. The molecule has 1 atom stereocenters. The lowest BCUT2D eigenvalue weighted by molar-refractivity contribution is 0.118. The fraction of sp³-hybridized carbons (Fsp3) is 0.944. The van der Waals surface area contributed by atoms with Gasteiger partial charge in [-0.2, -0.15) is 0 Å². The normalized spacial score (nSPS) is 19.0. The molecule has 0 aromatic rings. The minimum atomic E-state index is 0.316. The standard InChI is InChI=1S/C18H36N2OS/c1-2-3-4-5-6-7-8-9-10-11-15-22-18(19)20-16-17-13-12-14-21-17/h17H,2-16H2,1H3,(H2,19,20)/t17-/m0/s1. The van der Waals surface area contributed by atoms with E-state index in [2.05, 4.69) is 11.9 Å². The maximum atomic E-state index is 5.93. The van der Waals surface area contributed by atoms with Crippen molar-refractivity contribution in [3.05, 3.63) is 0 Å². The van der Waals surface area contributed by atoms with Crippen LogP contribution >= 0.6 is 11.8 Å². The number of amidine groups is 1. The van der Waals surface area contributed by atoms with Gasteiger partial charge in [0.15, 0.2) is 5.17 Å². The zero-order valence-electron chi connectivity index (χ0n) is 14.5. The Labute approximate surface area is 141 Å². The number of thioether (sulfide) groups is 1. The van der Waals surface area contributed by atoms with Gasteiger partial charge in [-0.15, -0.1) is 0 Å². The topological polar surface area (TPSA) is 47.6 Å². The van der Waals surface area contributed by atoms with Crippen LogP contribution < -0.4 is 5.73 Å². The van der Waals surface area contributed by atoms with E-state index in [1.54, 1.807) is 11.8 Å². The number of nitrogens with zero attached hydrogens (tertiary/aromatic N) is 1. The molecule has 0 aromatic carbocycles. The average molecular weight is 329 g/mol. The highest BCUT2D eigenvalue weighted by molar-refractivity contribution is 8.13. The van der Waals surface area contributed by atoms with E-state index in [-0.39, 0.29) is 0 Å². The summed E-state index contributed by atoms with van der Waals surface area (Å²) in [7, 11) is 0. The zero-order chi connectivity index (χ0) is 15.9. The molecule has 1 fully saturated rings. The van der Waals surface area contributed by atoms with Gasteiger partial charge in [-0.25, -0.2) is 0 Å². The molecule has 0 spiro atoms. The minimum Gasteiger partial charge on any atom is -0.379 e. The fourth-order valence-electron chi connectivity index (χ4n) is 2.79. The van der Waals surface area contributed by atoms with E-state index in [9.17, 15) is 0 Å². The maximum Gasteiger partial charge on any atom is 0.153 e. The molecule has 1 rings (SSSR count). The molecular formula is C18H36N2OS. The van der Waals surface area contributed by atoms with E-state index in [0.29, 0.717) is 6.10 Å². The van der Waals surface area contributed by atoms with Crippen molar-refractivity contribution >= 4 is 16.9 Å². The molecule has 0 aromatic heterocycles. The Morgan fingerprint density at radius 1 is 1.05 bits per heavy atom. The molecule has 0 aliphatic carbocycles. The fourth-order valence-corrected chi connectivity index (χ4v) is 3.52. The highest BCUT2D eigenvalue weighted by atomic mass is 32.2. The molecular weight excluding hydrogens is 292 g/mol. The smallest absolute Gasteiger partial charge is 0.153 e. The lowest BCUT2D eigenvalue weighted by atomic mass is 10.1. The van der Waals surface area contributed by atoms with Gasteiger partial charge in [0.25, 0.3) is 0 Å². The summed E-state index contributed by atoms with van der Waals surface area (Å²) in [6.07, 6.45) is 16.5. The Balaban J connectivity index is 1.81. The van der Waals surface area contributed by atoms with E-state index in [1.165, 1.54) is 70.6 Å². The van der Waals surface area contributed by atoms with Crippen LogP contribution in [-0.4, -0.2) is 30.2 Å². The Bertz CT molecular complexity index is 278. The predicted octanol–water partition coefficient (Wildman–Crippen LogP) is 5.13. The van der Waals surface area contributed by atoms with Gasteiger partial charge in [0.1, 0.15) is 0 Å². The summed E-state index contributed by atoms with van der Waals surface area (Å²) >= 11 is 1.71. The summed E-state index contributed by atoms with van der Waals surface area (Å²) in [5.41, 5.74) is 5.93. The number of ether oxygens (including phenoxy) is 1. The van der Waals surface area contributed by atoms with Crippen LogP contribution in [0, 0.1) is 0 Å². The second kappa shape index (κ2) is 14.4. The van der Waals surface area contributed by atoms with Gasteiger partial charge < -0.3 is 10.5 Å². The first-order chi connectivity index (χ1) is 10.8. The second-order valence-electron chi connectivity index (χ2n) is 6.34. The molecule has 2 N–H and O–H groups in total. The molecule has 1 aliphatic rings. The third-order valence-electron chi connectivity index (χ3n) is 4.22.